The Hall–Kier alpha value is -0.790. The van der Waals surface area contributed by atoms with Crippen LogP contribution in [0.1, 0.15) is 47.0 Å². The van der Waals surface area contributed by atoms with Crippen molar-refractivity contribution in [2.75, 3.05) is 13.1 Å². The Kier molecular flexibility index (Phi) is 6.30. The van der Waals surface area contributed by atoms with Crippen LogP contribution in [-0.4, -0.2) is 23.9 Å². The van der Waals surface area contributed by atoms with Gasteiger partial charge in [-0.2, -0.15) is 0 Å². The van der Waals surface area contributed by atoms with Gasteiger partial charge in [-0.15, -0.1) is 6.58 Å². The molecule has 0 fully saturated rings. The number of hydrogen-bond acceptors (Lipinski definition) is 1. The van der Waals surface area contributed by atoms with Crippen molar-refractivity contribution in [2.24, 2.45) is 5.41 Å². The fourth-order valence-electron chi connectivity index (χ4n) is 1.49. The summed E-state index contributed by atoms with van der Waals surface area (Å²) in [6.45, 7) is 13.5. The molecule has 0 heterocycles. The molecule has 0 atom stereocenters. The zero-order chi connectivity index (χ0) is 11.9. The predicted molar refractivity (Wildman–Crippen MR) is 65.8 cm³/mol. The lowest BCUT2D eigenvalue weighted by Gasteiger charge is -2.29. The Labute approximate surface area is 94.4 Å². The third-order valence-electron chi connectivity index (χ3n) is 2.26. The summed E-state index contributed by atoms with van der Waals surface area (Å²) >= 11 is 0. The fraction of sp³-hybridized carbons (Fsp3) is 0.769. The lowest BCUT2D eigenvalue weighted by Crippen LogP contribution is -2.40. The van der Waals surface area contributed by atoms with Crippen molar-refractivity contribution < 1.29 is 4.79 Å². The van der Waals surface area contributed by atoms with Crippen molar-refractivity contribution in [2.45, 2.75) is 47.0 Å². The molecule has 0 aliphatic carbocycles. The van der Waals surface area contributed by atoms with Crippen molar-refractivity contribution in [1.29, 1.82) is 0 Å². The largest absolute Gasteiger partial charge is 0.342 e. The standard InChI is InChI=1S/C13H25NO/c1-6-8-9-11-14(10-7-2)12(15)13(3,4)5/h6H,1,7-11H2,2-5H3. The second-order valence-electron chi connectivity index (χ2n) is 4.97. The normalized spacial score (nSPS) is 11.2. The van der Waals surface area contributed by atoms with Gasteiger partial charge < -0.3 is 4.90 Å². The summed E-state index contributed by atoms with van der Waals surface area (Å²) in [5.74, 6) is 0.258. The highest BCUT2D eigenvalue weighted by Crippen LogP contribution is 2.18. The number of rotatable bonds is 6. The molecular weight excluding hydrogens is 186 g/mol. The molecule has 2 nitrogen and oxygen atoms in total. The second kappa shape index (κ2) is 6.65. The molecule has 0 spiro atoms. The van der Waals surface area contributed by atoms with Crippen LogP contribution in [0.2, 0.25) is 0 Å². The number of carbonyl (C=O) groups excluding carboxylic acids is 1. The highest BCUT2D eigenvalue weighted by molar-refractivity contribution is 5.81. The Morgan fingerprint density at radius 2 is 1.93 bits per heavy atom. The molecule has 0 aromatic rings. The van der Waals surface area contributed by atoms with Crippen LogP contribution in [0.25, 0.3) is 0 Å². The monoisotopic (exact) mass is 211 g/mol. The van der Waals surface area contributed by atoms with Crippen LogP contribution >= 0.6 is 0 Å². The van der Waals surface area contributed by atoms with E-state index in [0.29, 0.717) is 0 Å². The Balaban J connectivity index is 4.25. The molecule has 0 unspecified atom stereocenters. The number of unbranched alkanes of at least 4 members (excludes halogenated alkanes) is 1. The van der Waals surface area contributed by atoms with E-state index in [1.54, 1.807) is 0 Å². The van der Waals surface area contributed by atoms with Crippen molar-refractivity contribution in [3.8, 4) is 0 Å². The molecule has 0 aromatic carbocycles. The van der Waals surface area contributed by atoms with Crippen LogP contribution in [0.4, 0.5) is 0 Å². The second-order valence-corrected chi connectivity index (χ2v) is 4.97. The zero-order valence-corrected chi connectivity index (χ0v) is 10.7. The zero-order valence-electron chi connectivity index (χ0n) is 10.7. The quantitative estimate of drug-likeness (QED) is 0.488. The van der Waals surface area contributed by atoms with Gasteiger partial charge in [-0.05, 0) is 19.3 Å². The van der Waals surface area contributed by atoms with E-state index in [1.807, 2.05) is 31.7 Å². The third kappa shape index (κ3) is 5.60. The number of amides is 1. The van der Waals surface area contributed by atoms with E-state index in [-0.39, 0.29) is 11.3 Å². The Morgan fingerprint density at radius 3 is 2.33 bits per heavy atom. The summed E-state index contributed by atoms with van der Waals surface area (Å²) in [4.78, 5) is 14.0. The number of hydrogen-bond donors (Lipinski definition) is 0. The first-order valence-electron chi connectivity index (χ1n) is 5.83. The molecule has 0 aliphatic heterocycles. The Morgan fingerprint density at radius 1 is 1.33 bits per heavy atom. The minimum atomic E-state index is -0.261. The first-order valence-corrected chi connectivity index (χ1v) is 5.83. The first kappa shape index (κ1) is 14.2. The van der Waals surface area contributed by atoms with Crippen molar-refractivity contribution in [3.63, 3.8) is 0 Å². The summed E-state index contributed by atoms with van der Waals surface area (Å²) in [5, 5.41) is 0. The summed E-state index contributed by atoms with van der Waals surface area (Å²) in [5.41, 5.74) is -0.261. The topological polar surface area (TPSA) is 20.3 Å². The van der Waals surface area contributed by atoms with Crippen LogP contribution in [0.3, 0.4) is 0 Å². The summed E-state index contributed by atoms with van der Waals surface area (Å²) in [6, 6.07) is 0. The molecule has 1 amide bonds. The van der Waals surface area contributed by atoms with E-state index in [1.165, 1.54) is 0 Å². The van der Waals surface area contributed by atoms with Gasteiger partial charge in [0.1, 0.15) is 0 Å². The van der Waals surface area contributed by atoms with Gasteiger partial charge in [-0.1, -0.05) is 33.8 Å². The average molecular weight is 211 g/mol. The van der Waals surface area contributed by atoms with Crippen molar-refractivity contribution in [1.82, 2.24) is 4.90 Å². The predicted octanol–water partition coefficient (Wildman–Crippen LogP) is 3.24. The van der Waals surface area contributed by atoms with Crippen LogP contribution in [0, 0.1) is 5.41 Å². The molecule has 0 rings (SSSR count). The number of nitrogens with zero attached hydrogens (tertiary/aromatic N) is 1. The van der Waals surface area contributed by atoms with Gasteiger partial charge in [0.25, 0.3) is 0 Å². The molecule has 0 aromatic heterocycles. The van der Waals surface area contributed by atoms with Crippen LogP contribution in [0.5, 0.6) is 0 Å². The smallest absolute Gasteiger partial charge is 0.227 e. The molecule has 0 aliphatic rings. The molecule has 0 saturated heterocycles. The van der Waals surface area contributed by atoms with Gasteiger partial charge in [-0.3, -0.25) is 4.79 Å². The van der Waals surface area contributed by atoms with Gasteiger partial charge >= 0.3 is 0 Å². The van der Waals surface area contributed by atoms with Crippen LogP contribution in [-0.2, 0) is 4.79 Å². The van der Waals surface area contributed by atoms with E-state index in [2.05, 4.69) is 13.5 Å². The van der Waals surface area contributed by atoms with E-state index < -0.39 is 0 Å². The summed E-state index contributed by atoms with van der Waals surface area (Å²) in [7, 11) is 0. The minimum Gasteiger partial charge on any atom is -0.342 e. The highest BCUT2D eigenvalue weighted by atomic mass is 16.2. The maximum atomic E-state index is 12.0. The number of allylic oxidation sites excluding steroid dienone is 1. The lowest BCUT2D eigenvalue weighted by molar-refractivity contribution is -0.139. The first-order chi connectivity index (χ1) is 6.93. The van der Waals surface area contributed by atoms with E-state index in [9.17, 15) is 4.79 Å². The molecule has 0 bridgehead atoms. The SMILES string of the molecule is C=CCCCN(CCC)C(=O)C(C)(C)C. The maximum absolute atomic E-state index is 12.0. The maximum Gasteiger partial charge on any atom is 0.227 e. The van der Waals surface area contributed by atoms with E-state index in [0.717, 1.165) is 32.4 Å². The van der Waals surface area contributed by atoms with Crippen LogP contribution in [0.15, 0.2) is 12.7 Å². The Bertz CT molecular complexity index is 203. The average Bonchev–Trinajstić information content (AvgIpc) is 2.14. The molecule has 0 N–H and O–H groups in total. The van der Waals surface area contributed by atoms with Gasteiger partial charge in [0.15, 0.2) is 0 Å². The third-order valence-corrected chi connectivity index (χ3v) is 2.26. The highest BCUT2D eigenvalue weighted by Gasteiger charge is 2.26. The van der Waals surface area contributed by atoms with Gasteiger partial charge in [0.2, 0.25) is 5.91 Å². The molecule has 0 saturated carbocycles. The van der Waals surface area contributed by atoms with Crippen molar-refractivity contribution >= 4 is 5.91 Å². The molecule has 15 heavy (non-hydrogen) atoms. The summed E-state index contributed by atoms with van der Waals surface area (Å²) in [6.07, 6.45) is 4.94. The summed E-state index contributed by atoms with van der Waals surface area (Å²) < 4.78 is 0. The van der Waals surface area contributed by atoms with Gasteiger partial charge in [0, 0.05) is 18.5 Å². The van der Waals surface area contributed by atoms with Gasteiger partial charge in [-0.25, -0.2) is 0 Å². The van der Waals surface area contributed by atoms with Crippen LogP contribution < -0.4 is 0 Å². The van der Waals surface area contributed by atoms with Crippen molar-refractivity contribution in [3.05, 3.63) is 12.7 Å². The molecule has 88 valence electrons. The lowest BCUT2D eigenvalue weighted by atomic mass is 9.94. The fourth-order valence-corrected chi connectivity index (χ4v) is 1.49. The van der Waals surface area contributed by atoms with Gasteiger partial charge in [0.05, 0.1) is 0 Å². The van der Waals surface area contributed by atoms with E-state index in [4.69, 9.17) is 0 Å². The minimum absolute atomic E-state index is 0.258. The molecule has 2 heteroatoms. The van der Waals surface area contributed by atoms with E-state index >= 15 is 0 Å². The molecular formula is C13H25NO. The number of carbonyl (C=O) groups is 1. The molecule has 0 radical (unpaired) electrons.